The number of rotatable bonds is 11. The molecule has 11 heteroatoms. The lowest BCUT2D eigenvalue weighted by Gasteiger charge is -2.34. The number of fused-ring (bicyclic) bond motifs is 1. The molecule has 2 aromatic carbocycles. The Morgan fingerprint density at radius 1 is 1.13 bits per heavy atom. The molecule has 0 saturated carbocycles. The van der Waals surface area contributed by atoms with Gasteiger partial charge in [0.15, 0.2) is 0 Å². The van der Waals surface area contributed by atoms with E-state index in [1.807, 2.05) is 64.2 Å². The van der Waals surface area contributed by atoms with E-state index in [2.05, 4.69) is 27.5 Å². The second-order valence-electron chi connectivity index (χ2n) is 12.2. The van der Waals surface area contributed by atoms with E-state index in [1.165, 1.54) is 0 Å². The first kappa shape index (κ1) is 32.5. The van der Waals surface area contributed by atoms with Crippen molar-refractivity contribution in [2.75, 3.05) is 11.9 Å². The number of ether oxygens (including phenoxy) is 1. The summed E-state index contributed by atoms with van der Waals surface area (Å²) in [5, 5.41) is 11.3. The predicted octanol–water partition coefficient (Wildman–Crippen LogP) is 5.70. The average Bonchev–Trinajstić information content (AvgIpc) is 3.46. The Morgan fingerprint density at radius 2 is 1.93 bits per heavy atom. The summed E-state index contributed by atoms with van der Waals surface area (Å²) < 4.78 is 37.7. The van der Waals surface area contributed by atoms with Crippen molar-refractivity contribution in [3.8, 4) is 0 Å². The van der Waals surface area contributed by atoms with Gasteiger partial charge >= 0.3 is 0 Å². The van der Waals surface area contributed by atoms with Gasteiger partial charge < -0.3 is 10.1 Å². The van der Waals surface area contributed by atoms with Gasteiger partial charge in [0, 0.05) is 25.8 Å². The molecule has 1 aliphatic rings. The molecule has 0 spiro atoms. The first-order valence-corrected chi connectivity index (χ1v) is 16.9. The molecule has 238 valence electrons. The number of aryl methyl sites for hydroxylation is 2. The summed E-state index contributed by atoms with van der Waals surface area (Å²) in [6.07, 6.45) is 5.98. The fourth-order valence-electron chi connectivity index (χ4n) is 5.76. The minimum absolute atomic E-state index is 0.146. The molecular formula is C34H42N6O4S. The molecule has 0 fully saturated rings. The van der Waals surface area contributed by atoms with Crippen LogP contribution in [-0.4, -0.2) is 45.2 Å². The molecule has 0 radical (unpaired) electrons. The summed E-state index contributed by atoms with van der Waals surface area (Å²) in [6, 6.07) is 16.8. The Bertz CT molecular complexity index is 1740. The minimum Gasteiger partial charge on any atom is -0.366 e. The number of carbonyl (C=O) groups is 1. The van der Waals surface area contributed by atoms with Gasteiger partial charge in [0.2, 0.25) is 15.9 Å². The van der Waals surface area contributed by atoms with Crippen LogP contribution in [0.4, 0.5) is 5.69 Å². The maximum atomic E-state index is 14.0. The van der Waals surface area contributed by atoms with Crippen molar-refractivity contribution in [2.45, 2.75) is 78.2 Å². The van der Waals surface area contributed by atoms with E-state index < -0.39 is 21.5 Å². The van der Waals surface area contributed by atoms with Crippen molar-refractivity contribution >= 4 is 21.6 Å². The van der Waals surface area contributed by atoms with Gasteiger partial charge in [0.25, 0.3) is 0 Å². The lowest BCUT2D eigenvalue weighted by molar-refractivity contribution is -0.134. The monoisotopic (exact) mass is 630 g/mol. The fraction of sp³-hybridized carbons (Fsp3) is 0.412. The number of sulfonamides is 1. The molecule has 1 amide bonds. The molecule has 45 heavy (non-hydrogen) atoms. The summed E-state index contributed by atoms with van der Waals surface area (Å²) in [5.74, 6) is -0.0352. The minimum atomic E-state index is -3.72. The van der Waals surface area contributed by atoms with Crippen LogP contribution in [0.2, 0.25) is 0 Å². The topological polar surface area (TPSA) is 119 Å². The zero-order chi connectivity index (χ0) is 32.2. The van der Waals surface area contributed by atoms with Gasteiger partial charge in [0.1, 0.15) is 5.69 Å². The Hall–Kier alpha value is -3.93. The van der Waals surface area contributed by atoms with Crippen LogP contribution < -0.4 is 5.32 Å². The SMILES string of the molecule is CC[C@H]1Cc2ccccc2S(=O)(=O)N(Cc2cc(C(OCc3cn(CC)nn3)C(C)(C)C(=O)Nc3cccnc3)ccc2C)C1. The van der Waals surface area contributed by atoms with Crippen LogP contribution in [0.3, 0.4) is 0 Å². The van der Waals surface area contributed by atoms with E-state index in [9.17, 15) is 13.2 Å². The van der Waals surface area contributed by atoms with Crippen LogP contribution in [0.15, 0.2) is 78.1 Å². The molecule has 2 aromatic heterocycles. The van der Waals surface area contributed by atoms with Crippen LogP contribution in [-0.2, 0) is 45.7 Å². The van der Waals surface area contributed by atoms with Gasteiger partial charge in [-0.05, 0) is 80.5 Å². The number of hydrogen-bond donors (Lipinski definition) is 1. The molecule has 4 aromatic rings. The third-order valence-electron chi connectivity index (χ3n) is 8.63. The molecule has 0 aliphatic carbocycles. The third kappa shape index (κ3) is 7.16. The first-order chi connectivity index (χ1) is 21.5. The summed E-state index contributed by atoms with van der Waals surface area (Å²) >= 11 is 0. The molecule has 1 N–H and O–H groups in total. The van der Waals surface area contributed by atoms with Crippen molar-refractivity contribution in [1.82, 2.24) is 24.3 Å². The molecular weight excluding hydrogens is 588 g/mol. The highest BCUT2D eigenvalue weighted by molar-refractivity contribution is 7.89. The zero-order valence-corrected chi connectivity index (χ0v) is 27.4. The molecule has 1 aliphatic heterocycles. The van der Waals surface area contributed by atoms with Crippen molar-refractivity contribution in [2.24, 2.45) is 11.3 Å². The van der Waals surface area contributed by atoms with Crippen LogP contribution in [0.25, 0.3) is 0 Å². The van der Waals surface area contributed by atoms with Gasteiger partial charge in [-0.25, -0.2) is 8.42 Å². The maximum absolute atomic E-state index is 14.0. The molecule has 10 nitrogen and oxygen atoms in total. The number of nitrogens with zero attached hydrogens (tertiary/aromatic N) is 5. The quantitative estimate of drug-likeness (QED) is 0.226. The second kappa shape index (κ2) is 13.6. The molecule has 0 bridgehead atoms. The third-order valence-corrected chi connectivity index (χ3v) is 10.5. The van der Waals surface area contributed by atoms with Crippen LogP contribution in [0.1, 0.15) is 68.2 Å². The number of pyridine rings is 1. The van der Waals surface area contributed by atoms with Crippen LogP contribution in [0.5, 0.6) is 0 Å². The first-order valence-electron chi connectivity index (χ1n) is 15.4. The van der Waals surface area contributed by atoms with E-state index in [0.717, 1.165) is 35.1 Å². The number of anilines is 1. The van der Waals surface area contributed by atoms with Crippen molar-refractivity contribution in [3.63, 3.8) is 0 Å². The number of aromatic nitrogens is 4. The average molecular weight is 631 g/mol. The standard InChI is InChI=1S/C34H42N6O4S/c1-6-25-17-26-11-8-9-13-31(26)45(42,43)40(20-25)21-28-18-27(15-14-24(28)3)32(44-23-30-22-39(7-2)38-37-30)34(4,5)33(41)36-29-12-10-16-35-19-29/h8-16,18-19,22,25,32H,6-7,17,20-21,23H2,1-5H3,(H,36,41)/t25-,32?/m0/s1. The predicted molar refractivity (Wildman–Crippen MR) is 173 cm³/mol. The van der Waals surface area contributed by atoms with Crippen LogP contribution >= 0.6 is 0 Å². The Morgan fingerprint density at radius 3 is 2.64 bits per heavy atom. The normalized spacial score (nSPS) is 17.3. The second-order valence-corrected chi connectivity index (χ2v) is 14.2. The molecule has 5 rings (SSSR count). The van der Waals surface area contributed by atoms with E-state index in [4.69, 9.17) is 4.74 Å². The van der Waals surface area contributed by atoms with E-state index >= 15 is 0 Å². The van der Waals surface area contributed by atoms with E-state index in [1.54, 1.807) is 45.6 Å². The number of carbonyl (C=O) groups excluding carboxylic acids is 1. The summed E-state index contributed by atoms with van der Waals surface area (Å²) in [7, 11) is -3.72. The smallest absolute Gasteiger partial charge is 0.243 e. The van der Waals surface area contributed by atoms with Gasteiger partial charge in [-0.3, -0.25) is 14.5 Å². The maximum Gasteiger partial charge on any atom is 0.243 e. The van der Waals surface area contributed by atoms with Gasteiger partial charge in [-0.2, -0.15) is 4.31 Å². The highest BCUT2D eigenvalue weighted by Gasteiger charge is 2.40. The molecule has 0 saturated heterocycles. The number of benzene rings is 2. The van der Waals surface area contributed by atoms with E-state index in [-0.39, 0.29) is 25.0 Å². The highest BCUT2D eigenvalue weighted by atomic mass is 32.2. The lowest BCUT2D eigenvalue weighted by Crippen LogP contribution is -2.38. The lowest BCUT2D eigenvalue weighted by atomic mass is 9.80. The van der Waals surface area contributed by atoms with E-state index in [0.29, 0.717) is 29.4 Å². The fourth-order valence-corrected chi connectivity index (χ4v) is 7.49. The largest absolute Gasteiger partial charge is 0.366 e. The summed E-state index contributed by atoms with van der Waals surface area (Å²) in [4.78, 5) is 18.2. The zero-order valence-electron chi connectivity index (χ0n) is 26.6. The molecule has 1 unspecified atom stereocenters. The Labute approximate surface area is 265 Å². The van der Waals surface area contributed by atoms with Crippen molar-refractivity contribution < 1.29 is 17.9 Å². The number of hydrogen-bond acceptors (Lipinski definition) is 7. The summed E-state index contributed by atoms with van der Waals surface area (Å²) in [5.41, 5.74) is 3.65. The van der Waals surface area contributed by atoms with Crippen molar-refractivity contribution in [1.29, 1.82) is 0 Å². The highest BCUT2D eigenvalue weighted by Crippen LogP contribution is 2.40. The van der Waals surface area contributed by atoms with Crippen LogP contribution in [0, 0.1) is 18.3 Å². The van der Waals surface area contributed by atoms with Crippen molar-refractivity contribution in [3.05, 3.63) is 101 Å². The number of amides is 1. The Kier molecular flexibility index (Phi) is 9.81. The van der Waals surface area contributed by atoms with Gasteiger partial charge in [0.05, 0.1) is 41.1 Å². The van der Waals surface area contributed by atoms with Gasteiger partial charge in [-0.15, -0.1) is 5.10 Å². The Balaban J connectivity index is 1.49. The summed E-state index contributed by atoms with van der Waals surface area (Å²) in [6.45, 7) is 11.2. The van der Waals surface area contributed by atoms with Gasteiger partial charge in [-0.1, -0.05) is 55.0 Å². The molecule has 3 heterocycles. The molecule has 2 atom stereocenters. The number of nitrogens with one attached hydrogen (secondary N) is 1.